The molecule has 0 radical (unpaired) electrons. The van der Waals surface area contributed by atoms with Crippen LogP contribution in [0.2, 0.25) is 0 Å². The zero-order valence-corrected chi connectivity index (χ0v) is 11.4. The van der Waals surface area contributed by atoms with Crippen molar-refractivity contribution in [3.8, 4) is 5.75 Å². The highest BCUT2D eigenvalue weighted by molar-refractivity contribution is 5.87. The van der Waals surface area contributed by atoms with Gasteiger partial charge >= 0.3 is 0 Å². The van der Waals surface area contributed by atoms with Crippen molar-refractivity contribution in [2.24, 2.45) is 4.99 Å². The van der Waals surface area contributed by atoms with Gasteiger partial charge in [0.1, 0.15) is 11.5 Å². The quantitative estimate of drug-likeness (QED) is 0.813. The van der Waals surface area contributed by atoms with Gasteiger partial charge in [0.25, 0.3) is 0 Å². The summed E-state index contributed by atoms with van der Waals surface area (Å²) in [6, 6.07) is 5.87. The third-order valence-corrected chi connectivity index (χ3v) is 4.11. The van der Waals surface area contributed by atoms with E-state index in [0.717, 1.165) is 22.6 Å². The van der Waals surface area contributed by atoms with E-state index < -0.39 is 11.5 Å². The molecule has 4 rings (SSSR count). The Bertz CT molecular complexity index is 730. The van der Waals surface area contributed by atoms with Crippen LogP contribution in [0.5, 0.6) is 5.75 Å². The number of nitrogens with zero attached hydrogens (tertiary/aromatic N) is 1. The molecule has 0 amide bonds. The highest BCUT2D eigenvalue weighted by atomic mass is 16.5. The Hall–Kier alpha value is -2.17. The molecule has 2 N–H and O–H groups in total. The third-order valence-electron chi connectivity index (χ3n) is 4.11. The van der Waals surface area contributed by atoms with Crippen LogP contribution in [0, 0.1) is 0 Å². The molecule has 0 aromatic heterocycles. The van der Waals surface area contributed by atoms with Gasteiger partial charge in [0.15, 0.2) is 0 Å². The first kappa shape index (κ1) is 12.6. The summed E-state index contributed by atoms with van der Waals surface area (Å²) in [5, 5.41) is 19.1. The summed E-state index contributed by atoms with van der Waals surface area (Å²) in [5.41, 5.74) is 2.35. The lowest BCUT2D eigenvalue weighted by Crippen LogP contribution is -2.27. The van der Waals surface area contributed by atoms with Crippen LogP contribution in [-0.2, 0) is 5.41 Å². The molecule has 1 aromatic carbocycles. The molecule has 1 aromatic rings. The van der Waals surface area contributed by atoms with Crippen molar-refractivity contribution in [2.45, 2.75) is 17.9 Å². The molecular weight excluding hydrogens is 266 g/mol. The Morgan fingerprint density at radius 2 is 2.24 bits per heavy atom. The number of aliphatic hydroxyl groups excluding tert-OH is 2. The molecule has 0 saturated carbocycles. The van der Waals surface area contributed by atoms with Crippen molar-refractivity contribution in [2.75, 3.05) is 6.61 Å². The van der Waals surface area contributed by atoms with E-state index in [4.69, 9.17) is 4.74 Å². The van der Waals surface area contributed by atoms with Crippen molar-refractivity contribution in [1.82, 2.24) is 0 Å². The van der Waals surface area contributed by atoms with Crippen molar-refractivity contribution in [1.29, 1.82) is 0 Å². The van der Waals surface area contributed by atoms with Crippen molar-refractivity contribution in [3.05, 3.63) is 65.1 Å². The van der Waals surface area contributed by atoms with Gasteiger partial charge in [-0.2, -0.15) is 0 Å². The molecule has 21 heavy (non-hydrogen) atoms. The number of hydrogen-bond donors (Lipinski definition) is 2. The summed E-state index contributed by atoms with van der Waals surface area (Å²) in [4.78, 5) is 4.48. The lowest BCUT2D eigenvalue weighted by atomic mass is 9.74. The highest BCUT2D eigenvalue weighted by Crippen LogP contribution is 2.51. The van der Waals surface area contributed by atoms with Gasteiger partial charge in [0.05, 0.1) is 11.5 Å². The van der Waals surface area contributed by atoms with Gasteiger partial charge < -0.3 is 14.9 Å². The molecule has 0 saturated heterocycles. The Morgan fingerprint density at radius 1 is 1.33 bits per heavy atom. The summed E-state index contributed by atoms with van der Waals surface area (Å²) < 4.78 is 5.96. The zero-order chi connectivity index (χ0) is 14.4. The number of allylic oxidation sites excluding steroid dienone is 1. The molecule has 2 heterocycles. The van der Waals surface area contributed by atoms with Crippen LogP contribution >= 0.6 is 0 Å². The predicted molar refractivity (Wildman–Crippen MR) is 79.4 cm³/mol. The predicted octanol–water partition coefficient (Wildman–Crippen LogP) is 1.83. The summed E-state index contributed by atoms with van der Waals surface area (Å²) in [6.07, 6.45) is 9.15. The first-order valence-corrected chi connectivity index (χ1v) is 7.01. The normalized spacial score (nSPS) is 28.2. The molecule has 3 aliphatic rings. The summed E-state index contributed by atoms with van der Waals surface area (Å²) >= 11 is 0. The maximum atomic E-state index is 9.84. The third kappa shape index (κ3) is 1.73. The van der Waals surface area contributed by atoms with E-state index >= 15 is 0 Å². The second kappa shape index (κ2) is 4.41. The minimum atomic E-state index is -0.637. The van der Waals surface area contributed by atoms with Gasteiger partial charge in [0, 0.05) is 36.1 Å². The van der Waals surface area contributed by atoms with Crippen molar-refractivity contribution < 1.29 is 14.9 Å². The fourth-order valence-corrected chi connectivity index (χ4v) is 3.20. The molecule has 4 heteroatoms. The fourth-order valence-electron chi connectivity index (χ4n) is 3.20. The minimum absolute atomic E-state index is 0.0503. The first-order chi connectivity index (χ1) is 10.2. The largest absolute Gasteiger partial charge is 0.460 e. The average Bonchev–Trinajstić information content (AvgIpc) is 2.69. The van der Waals surface area contributed by atoms with Crippen LogP contribution in [0.25, 0.3) is 0 Å². The van der Waals surface area contributed by atoms with Crippen LogP contribution in [0.1, 0.15) is 17.5 Å². The van der Waals surface area contributed by atoms with Gasteiger partial charge in [-0.15, -0.1) is 0 Å². The lowest BCUT2D eigenvalue weighted by molar-refractivity contribution is 0.257. The maximum Gasteiger partial charge on any atom is 0.132 e. The van der Waals surface area contributed by atoms with Crippen molar-refractivity contribution >= 4 is 6.21 Å². The summed E-state index contributed by atoms with van der Waals surface area (Å²) in [7, 11) is 0. The first-order valence-electron chi connectivity index (χ1n) is 7.01. The van der Waals surface area contributed by atoms with Gasteiger partial charge in [-0.3, -0.25) is 4.99 Å². The lowest BCUT2D eigenvalue weighted by Gasteiger charge is -2.26. The van der Waals surface area contributed by atoms with E-state index in [1.54, 1.807) is 12.2 Å². The molecule has 4 nitrogen and oxygen atoms in total. The Labute approximate surface area is 122 Å². The molecule has 106 valence electrons. The van der Waals surface area contributed by atoms with Gasteiger partial charge in [0.2, 0.25) is 0 Å². The monoisotopic (exact) mass is 281 g/mol. The number of benzene rings is 1. The second-order valence-electron chi connectivity index (χ2n) is 5.44. The molecule has 1 spiro atoms. The van der Waals surface area contributed by atoms with Gasteiger partial charge in [-0.1, -0.05) is 24.3 Å². The van der Waals surface area contributed by atoms with Crippen LogP contribution < -0.4 is 4.74 Å². The van der Waals surface area contributed by atoms with E-state index in [2.05, 4.69) is 4.99 Å². The molecule has 1 aliphatic carbocycles. The smallest absolute Gasteiger partial charge is 0.132 e. The van der Waals surface area contributed by atoms with Gasteiger partial charge in [-0.05, 0) is 18.2 Å². The van der Waals surface area contributed by atoms with Gasteiger partial charge in [-0.25, -0.2) is 0 Å². The fraction of sp³-hybridized carbons (Fsp3) is 0.235. The second-order valence-corrected chi connectivity index (χ2v) is 5.44. The van der Waals surface area contributed by atoms with E-state index in [0.29, 0.717) is 12.2 Å². The maximum absolute atomic E-state index is 9.84. The zero-order valence-electron chi connectivity index (χ0n) is 11.4. The van der Waals surface area contributed by atoms with E-state index in [9.17, 15) is 10.2 Å². The molecule has 0 bridgehead atoms. The number of ether oxygens (including phenoxy) is 1. The summed E-state index contributed by atoms with van der Waals surface area (Å²) in [5.74, 6) is 1.51. The van der Waals surface area contributed by atoms with E-state index in [-0.39, 0.29) is 6.61 Å². The summed E-state index contributed by atoms with van der Waals surface area (Å²) in [6.45, 7) is 0.0503. The van der Waals surface area contributed by atoms with Crippen molar-refractivity contribution in [3.63, 3.8) is 0 Å². The molecule has 2 aliphatic heterocycles. The van der Waals surface area contributed by atoms with Crippen LogP contribution in [0.4, 0.5) is 0 Å². The Kier molecular flexibility index (Phi) is 2.64. The van der Waals surface area contributed by atoms with E-state index in [1.165, 1.54) is 0 Å². The van der Waals surface area contributed by atoms with Crippen LogP contribution in [0.3, 0.4) is 0 Å². The standard InChI is InChI=1S/C17H15NO3/c19-7-5-12-9-17-6-4-13(20)8-15(17)21-14-3-1-2-11(10-18-12)16(14)17/h1-4,6,8-10,13,19-20H,5,7H2. The number of hydrogen-bond acceptors (Lipinski definition) is 4. The Morgan fingerprint density at radius 3 is 3.10 bits per heavy atom. The van der Waals surface area contributed by atoms with Crippen LogP contribution in [-0.4, -0.2) is 29.1 Å². The SMILES string of the molecule is OCCC1=CC23C=CC(O)C=C2Oc2cccc(c23)C=N1. The minimum Gasteiger partial charge on any atom is -0.460 e. The average molecular weight is 281 g/mol. The molecule has 0 fully saturated rings. The Balaban J connectivity index is 2.00. The number of aliphatic imine (C=N–C) groups is 1. The van der Waals surface area contributed by atoms with E-state index in [1.807, 2.05) is 36.6 Å². The highest BCUT2D eigenvalue weighted by Gasteiger charge is 2.46. The topological polar surface area (TPSA) is 62.0 Å². The molecule has 2 unspecified atom stereocenters. The molecular formula is C17H15NO3. The molecule has 2 atom stereocenters. The number of rotatable bonds is 2. The number of aliphatic hydroxyl groups is 2. The van der Waals surface area contributed by atoms with Crippen LogP contribution in [0.15, 0.2) is 59.0 Å².